The maximum absolute atomic E-state index is 14.9. The minimum absolute atomic E-state index is 0.00203. The van der Waals surface area contributed by atoms with E-state index >= 15 is 0 Å². The van der Waals surface area contributed by atoms with Gasteiger partial charge in [-0.25, -0.2) is 0 Å². The van der Waals surface area contributed by atoms with Gasteiger partial charge in [-0.05, 0) is 86.9 Å². The molecule has 238 valence electrons. The molecule has 41 heavy (non-hydrogen) atoms. The first-order valence-electron chi connectivity index (χ1n) is 16.4. The van der Waals surface area contributed by atoms with Gasteiger partial charge in [0, 0.05) is 24.0 Å². The van der Waals surface area contributed by atoms with Crippen LogP contribution in [0, 0.1) is 33.5 Å². The van der Waals surface area contributed by atoms with Crippen LogP contribution in [0.4, 0.5) is 0 Å². The third kappa shape index (κ3) is 8.07. The van der Waals surface area contributed by atoms with Crippen molar-refractivity contribution in [2.24, 2.45) is 33.5 Å². The Morgan fingerprint density at radius 1 is 0.854 bits per heavy atom. The van der Waals surface area contributed by atoms with Gasteiger partial charge in [-0.3, -0.25) is 14.4 Å². The van der Waals surface area contributed by atoms with Crippen molar-refractivity contribution >= 4 is 17.7 Å². The van der Waals surface area contributed by atoms with Crippen molar-refractivity contribution in [1.29, 1.82) is 0 Å². The second kappa shape index (κ2) is 12.6. The minimum Gasteiger partial charge on any atom is -0.354 e. The Hall–Kier alpha value is -1.59. The Labute approximate surface area is 253 Å². The van der Waals surface area contributed by atoms with Crippen molar-refractivity contribution in [3.63, 3.8) is 0 Å². The molecule has 0 aliphatic carbocycles. The van der Waals surface area contributed by atoms with Crippen molar-refractivity contribution in [2.75, 3.05) is 13.1 Å². The first kappa shape index (κ1) is 35.6. The van der Waals surface area contributed by atoms with Gasteiger partial charge in [-0.1, -0.05) is 83.1 Å². The van der Waals surface area contributed by atoms with Crippen LogP contribution in [0.2, 0.25) is 0 Å². The molecule has 0 aromatic carbocycles. The van der Waals surface area contributed by atoms with Crippen LogP contribution in [0.5, 0.6) is 0 Å². The summed E-state index contributed by atoms with van der Waals surface area (Å²) < 4.78 is 0. The molecule has 2 fully saturated rings. The van der Waals surface area contributed by atoms with Crippen LogP contribution < -0.4 is 5.32 Å². The second-order valence-corrected chi connectivity index (χ2v) is 17.4. The van der Waals surface area contributed by atoms with Crippen molar-refractivity contribution in [3.8, 4) is 0 Å². The lowest BCUT2D eigenvalue weighted by molar-refractivity contribution is -0.166. The zero-order valence-electron chi connectivity index (χ0n) is 29.3. The lowest BCUT2D eigenvalue weighted by Gasteiger charge is -2.52. The quantitative estimate of drug-likeness (QED) is 0.290. The SMILES string of the molecule is CC(C)CCCNC(=O)C1CCC(C)(C)CC(C)(C)N1C(=O)C1CCC(C)(C)CN1C(=O)C(C)(C)C(C)(C)C(C)C. The maximum Gasteiger partial charge on any atom is 0.246 e. The van der Waals surface area contributed by atoms with Gasteiger partial charge in [0.1, 0.15) is 12.1 Å². The van der Waals surface area contributed by atoms with E-state index in [2.05, 4.69) is 88.4 Å². The van der Waals surface area contributed by atoms with Crippen LogP contribution >= 0.6 is 0 Å². The van der Waals surface area contributed by atoms with Crippen molar-refractivity contribution in [2.45, 2.75) is 160 Å². The molecule has 3 amide bonds. The lowest BCUT2D eigenvalue weighted by atomic mass is 9.61. The second-order valence-electron chi connectivity index (χ2n) is 17.4. The van der Waals surface area contributed by atoms with Crippen LogP contribution in [0.25, 0.3) is 0 Å². The molecule has 0 aromatic heterocycles. The highest BCUT2D eigenvalue weighted by Crippen LogP contribution is 2.48. The van der Waals surface area contributed by atoms with Crippen LogP contribution in [-0.4, -0.2) is 58.2 Å². The highest BCUT2D eigenvalue weighted by atomic mass is 16.2. The fourth-order valence-electron chi connectivity index (χ4n) is 7.28. The number of carbonyl (C=O) groups is 3. The Balaban J connectivity index is 2.52. The molecule has 2 atom stereocenters. The van der Waals surface area contributed by atoms with Crippen LogP contribution in [-0.2, 0) is 14.4 Å². The summed E-state index contributed by atoms with van der Waals surface area (Å²) in [6.07, 6.45) is 5.79. The standard InChI is InChI=1S/C35H65N3O3/c1-24(2)16-15-21-36-28(39)26-17-19-31(5,6)22-33(9,10)38(26)29(40)27-18-20-32(7,8)23-37(27)30(41)35(13,14)34(11,12)25(3)4/h24-27H,15-23H2,1-14H3,(H,36,39). The van der Waals surface area contributed by atoms with Crippen LogP contribution in [0.3, 0.4) is 0 Å². The van der Waals surface area contributed by atoms with Crippen LogP contribution in [0.15, 0.2) is 0 Å². The fraction of sp³-hybridized carbons (Fsp3) is 0.914. The van der Waals surface area contributed by atoms with E-state index in [-0.39, 0.29) is 34.0 Å². The van der Waals surface area contributed by atoms with E-state index < -0.39 is 23.0 Å². The van der Waals surface area contributed by atoms with E-state index in [9.17, 15) is 14.4 Å². The molecule has 0 spiro atoms. The van der Waals surface area contributed by atoms with Crippen molar-refractivity contribution in [1.82, 2.24) is 15.1 Å². The molecule has 2 rings (SSSR count). The molecule has 2 heterocycles. The monoisotopic (exact) mass is 576 g/mol. The molecule has 0 bridgehead atoms. The van der Waals surface area contributed by atoms with Gasteiger partial charge in [0.2, 0.25) is 17.7 Å². The highest BCUT2D eigenvalue weighted by molar-refractivity contribution is 5.94. The summed E-state index contributed by atoms with van der Waals surface area (Å²) in [5, 5.41) is 3.18. The van der Waals surface area contributed by atoms with Gasteiger partial charge in [-0.15, -0.1) is 0 Å². The van der Waals surface area contributed by atoms with E-state index in [1.54, 1.807) is 0 Å². The summed E-state index contributed by atoms with van der Waals surface area (Å²) in [5.41, 5.74) is -1.51. The Bertz CT molecular complexity index is 944. The summed E-state index contributed by atoms with van der Waals surface area (Å²) in [5.74, 6) is 0.820. The number of hydrogen-bond donors (Lipinski definition) is 1. The first-order valence-corrected chi connectivity index (χ1v) is 16.4. The first-order chi connectivity index (χ1) is 18.5. The molecule has 1 N–H and O–H groups in total. The van der Waals surface area contributed by atoms with Gasteiger partial charge in [0.25, 0.3) is 0 Å². The van der Waals surface area contributed by atoms with Gasteiger partial charge < -0.3 is 15.1 Å². The Morgan fingerprint density at radius 3 is 1.93 bits per heavy atom. The molecular weight excluding hydrogens is 510 g/mol. The largest absolute Gasteiger partial charge is 0.354 e. The molecule has 0 saturated carbocycles. The fourth-order valence-corrected chi connectivity index (χ4v) is 7.28. The molecule has 2 unspecified atom stereocenters. The van der Waals surface area contributed by atoms with E-state index in [1.165, 1.54) is 0 Å². The number of likely N-dealkylation sites (tertiary alicyclic amines) is 2. The number of amides is 3. The van der Waals surface area contributed by atoms with E-state index in [4.69, 9.17) is 0 Å². The normalized spacial score (nSPS) is 24.8. The number of hydrogen-bond acceptors (Lipinski definition) is 3. The van der Waals surface area contributed by atoms with Gasteiger partial charge >= 0.3 is 0 Å². The molecular formula is C35H65N3O3. The molecule has 6 nitrogen and oxygen atoms in total. The predicted octanol–water partition coefficient (Wildman–Crippen LogP) is 7.45. The van der Waals surface area contributed by atoms with E-state index in [1.807, 2.05) is 23.6 Å². The van der Waals surface area contributed by atoms with Crippen LogP contribution in [0.1, 0.15) is 142 Å². The number of nitrogens with zero attached hydrogens (tertiary/aromatic N) is 2. The van der Waals surface area contributed by atoms with Crippen molar-refractivity contribution in [3.05, 3.63) is 0 Å². The highest BCUT2D eigenvalue weighted by Gasteiger charge is 2.53. The molecule has 0 radical (unpaired) electrons. The molecule has 6 heteroatoms. The topological polar surface area (TPSA) is 69.7 Å². The zero-order chi connectivity index (χ0) is 31.8. The lowest BCUT2D eigenvalue weighted by Crippen LogP contribution is -2.66. The average molecular weight is 576 g/mol. The summed E-state index contributed by atoms with van der Waals surface area (Å²) in [6.45, 7) is 31.4. The average Bonchev–Trinajstić information content (AvgIpc) is 2.91. The maximum atomic E-state index is 14.9. The van der Waals surface area contributed by atoms with Gasteiger partial charge in [-0.2, -0.15) is 0 Å². The number of nitrogens with one attached hydrogen (secondary N) is 1. The van der Waals surface area contributed by atoms with E-state index in [0.29, 0.717) is 37.8 Å². The molecule has 2 aliphatic rings. The predicted molar refractivity (Wildman–Crippen MR) is 170 cm³/mol. The number of piperidine rings is 1. The zero-order valence-corrected chi connectivity index (χ0v) is 29.3. The number of carbonyl (C=O) groups excluding carboxylic acids is 3. The summed E-state index contributed by atoms with van der Waals surface area (Å²) in [4.78, 5) is 47.0. The van der Waals surface area contributed by atoms with E-state index in [0.717, 1.165) is 32.1 Å². The summed E-state index contributed by atoms with van der Waals surface area (Å²) >= 11 is 0. The summed E-state index contributed by atoms with van der Waals surface area (Å²) in [7, 11) is 0. The summed E-state index contributed by atoms with van der Waals surface area (Å²) in [6, 6.07) is -1.10. The Morgan fingerprint density at radius 2 is 1.39 bits per heavy atom. The van der Waals surface area contributed by atoms with Crippen molar-refractivity contribution < 1.29 is 14.4 Å². The van der Waals surface area contributed by atoms with Gasteiger partial charge in [0.05, 0.1) is 0 Å². The number of rotatable bonds is 9. The minimum atomic E-state index is -0.656. The molecule has 2 aliphatic heterocycles. The van der Waals surface area contributed by atoms with Gasteiger partial charge in [0.15, 0.2) is 0 Å². The molecule has 0 aromatic rings. The Kier molecular flexibility index (Phi) is 10.9. The molecule has 2 saturated heterocycles. The third-order valence-corrected chi connectivity index (χ3v) is 11.0. The third-order valence-electron chi connectivity index (χ3n) is 11.0. The smallest absolute Gasteiger partial charge is 0.246 e.